The molecule has 0 aliphatic carbocycles. The fraction of sp³-hybridized carbons (Fsp3) is 0.571. The van der Waals surface area contributed by atoms with E-state index in [2.05, 4.69) is 11.8 Å². The van der Waals surface area contributed by atoms with E-state index in [0.29, 0.717) is 13.1 Å². The molecule has 3 heteroatoms. The zero-order valence-corrected chi connectivity index (χ0v) is 10.9. The highest BCUT2D eigenvalue weighted by Gasteiger charge is 2.10. The maximum Gasteiger partial charge on any atom is 0.0916 e. The minimum absolute atomic E-state index is 0.413. The van der Waals surface area contributed by atoms with Crippen molar-refractivity contribution in [1.82, 2.24) is 4.90 Å². The van der Waals surface area contributed by atoms with Gasteiger partial charge in [-0.05, 0) is 31.1 Å². The first-order valence-electron chi connectivity index (χ1n) is 6.33. The second kappa shape index (κ2) is 7.43. The van der Waals surface area contributed by atoms with Crippen LogP contribution in [0.5, 0.6) is 0 Å². The van der Waals surface area contributed by atoms with Gasteiger partial charge in [-0.25, -0.2) is 0 Å². The molecule has 0 fully saturated rings. The molecular formula is C14H24N2O. The van der Waals surface area contributed by atoms with Crippen LogP contribution in [0.1, 0.15) is 37.0 Å². The Morgan fingerprint density at radius 1 is 1.29 bits per heavy atom. The number of unbranched alkanes of at least 4 members (excludes halogenated alkanes) is 1. The maximum absolute atomic E-state index is 10.1. The van der Waals surface area contributed by atoms with Crippen molar-refractivity contribution < 1.29 is 5.11 Å². The first kappa shape index (κ1) is 14.2. The Balaban J connectivity index is 2.47. The highest BCUT2D eigenvalue weighted by Crippen LogP contribution is 2.14. The summed E-state index contributed by atoms with van der Waals surface area (Å²) in [7, 11) is 2.05. The van der Waals surface area contributed by atoms with Crippen LogP contribution in [-0.2, 0) is 6.54 Å². The Kier molecular flexibility index (Phi) is 6.19. The number of hydrogen-bond acceptors (Lipinski definition) is 3. The molecule has 3 N–H and O–H groups in total. The molecule has 0 saturated heterocycles. The second-order valence-electron chi connectivity index (χ2n) is 4.58. The van der Waals surface area contributed by atoms with E-state index in [9.17, 15) is 5.11 Å². The van der Waals surface area contributed by atoms with Crippen molar-refractivity contribution in [2.75, 3.05) is 20.1 Å². The molecule has 0 radical (unpaired) electrons. The van der Waals surface area contributed by atoms with Crippen molar-refractivity contribution in [2.45, 2.75) is 32.4 Å². The lowest BCUT2D eigenvalue weighted by Gasteiger charge is -2.20. The summed E-state index contributed by atoms with van der Waals surface area (Å²) in [4.78, 5) is 2.17. The van der Waals surface area contributed by atoms with E-state index < -0.39 is 6.10 Å². The third-order valence-corrected chi connectivity index (χ3v) is 2.98. The smallest absolute Gasteiger partial charge is 0.0916 e. The zero-order chi connectivity index (χ0) is 12.7. The lowest BCUT2D eigenvalue weighted by molar-refractivity contribution is 0.126. The van der Waals surface area contributed by atoms with E-state index in [0.717, 1.165) is 17.7 Å². The molecule has 0 amide bonds. The molecule has 0 aliphatic heterocycles. The van der Waals surface area contributed by atoms with E-state index in [1.54, 1.807) is 0 Å². The Morgan fingerprint density at radius 3 is 2.47 bits per heavy atom. The summed E-state index contributed by atoms with van der Waals surface area (Å²) in [5.41, 5.74) is 7.60. The third kappa shape index (κ3) is 4.86. The fourth-order valence-electron chi connectivity index (χ4n) is 1.80. The van der Waals surface area contributed by atoms with Crippen LogP contribution in [0.25, 0.3) is 0 Å². The van der Waals surface area contributed by atoms with Gasteiger partial charge < -0.3 is 15.7 Å². The summed E-state index contributed by atoms with van der Waals surface area (Å²) in [6.45, 7) is 4.44. The largest absolute Gasteiger partial charge is 0.387 e. The number of likely N-dealkylation sites (N-methyl/N-ethyl adjacent to an activating group) is 1. The zero-order valence-electron chi connectivity index (χ0n) is 10.9. The molecule has 0 spiro atoms. The van der Waals surface area contributed by atoms with Crippen LogP contribution in [0.3, 0.4) is 0 Å². The van der Waals surface area contributed by atoms with Crippen molar-refractivity contribution in [3.8, 4) is 0 Å². The van der Waals surface area contributed by atoms with E-state index in [1.807, 2.05) is 31.3 Å². The summed E-state index contributed by atoms with van der Waals surface area (Å²) in [6, 6.07) is 7.87. The Bertz CT molecular complexity index is 311. The van der Waals surface area contributed by atoms with Crippen LogP contribution in [0.4, 0.5) is 0 Å². The number of nitrogens with zero attached hydrogens (tertiary/aromatic N) is 1. The van der Waals surface area contributed by atoms with Gasteiger partial charge in [0.1, 0.15) is 0 Å². The van der Waals surface area contributed by atoms with Crippen LogP contribution in [0, 0.1) is 0 Å². The van der Waals surface area contributed by atoms with E-state index >= 15 is 0 Å². The average molecular weight is 236 g/mol. The average Bonchev–Trinajstić information content (AvgIpc) is 2.36. The molecule has 0 saturated carbocycles. The fourth-order valence-corrected chi connectivity index (χ4v) is 1.80. The standard InChI is InChI=1S/C14H24N2O/c1-3-4-9-16(2)11-14(17)13-7-5-12(10-15)6-8-13/h5-8,14,17H,3-4,9-11,15H2,1-2H3. The van der Waals surface area contributed by atoms with Crippen LogP contribution in [0.2, 0.25) is 0 Å². The van der Waals surface area contributed by atoms with Gasteiger partial charge in [-0.3, -0.25) is 0 Å². The van der Waals surface area contributed by atoms with Crippen molar-refractivity contribution >= 4 is 0 Å². The number of aliphatic hydroxyl groups is 1. The first-order valence-corrected chi connectivity index (χ1v) is 6.33. The topological polar surface area (TPSA) is 49.5 Å². The van der Waals surface area contributed by atoms with E-state index in [1.165, 1.54) is 12.8 Å². The van der Waals surface area contributed by atoms with Gasteiger partial charge >= 0.3 is 0 Å². The normalized spacial score (nSPS) is 13.0. The highest BCUT2D eigenvalue weighted by atomic mass is 16.3. The molecule has 0 bridgehead atoms. The molecule has 96 valence electrons. The summed E-state index contributed by atoms with van der Waals surface area (Å²) in [5, 5.41) is 10.1. The number of hydrogen-bond donors (Lipinski definition) is 2. The molecule has 1 rings (SSSR count). The Hall–Kier alpha value is -0.900. The maximum atomic E-state index is 10.1. The van der Waals surface area contributed by atoms with Gasteiger partial charge in [0.25, 0.3) is 0 Å². The highest BCUT2D eigenvalue weighted by molar-refractivity contribution is 5.24. The summed E-state index contributed by atoms with van der Waals surface area (Å²) in [5.74, 6) is 0. The molecule has 1 atom stereocenters. The second-order valence-corrected chi connectivity index (χ2v) is 4.58. The third-order valence-electron chi connectivity index (χ3n) is 2.98. The van der Waals surface area contributed by atoms with Crippen molar-refractivity contribution in [2.24, 2.45) is 5.73 Å². The Morgan fingerprint density at radius 2 is 1.94 bits per heavy atom. The predicted octanol–water partition coefficient (Wildman–Crippen LogP) is 1.91. The minimum Gasteiger partial charge on any atom is -0.387 e. The van der Waals surface area contributed by atoms with Gasteiger partial charge in [-0.15, -0.1) is 0 Å². The summed E-state index contributed by atoms with van der Waals surface area (Å²) < 4.78 is 0. The molecule has 0 aliphatic rings. The summed E-state index contributed by atoms with van der Waals surface area (Å²) in [6.07, 6.45) is 1.95. The van der Waals surface area contributed by atoms with Crippen molar-refractivity contribution in [3.05, 3.63) is 35.4 Å². The SMILES string of the molecule is CCCCN(C)CC(O)c1ccc(CN)cc1. The van der Waals surface area contributed by atoms with Gasteiger partial charge in [0, 0.05) is 13.1 Å². The number of rotatable bonds is 7. The van der Waals surface area contributed by atoms with Crippen LogP contribution in [-0.4, -0.2) is 30.1 Å². The molecule has 17 heavy (non-hydrogen) atoms. The molecule has 1 aromatic carbocycles. The number of nitrogens with two attached hydrogens (primary N) is 1. The van der Waals surface area contributed by atoms with Crippen LogP contribution < -0.4 is 5.73 Å². The minimum atomic E-state index is -0.413. The predicted molar refractivity (Wildman–Crippen MR) is 71.7 cm³/mol. The lowest BCUT2D eigenvalue weighted by atomic mass is 10.1. The van der Waals surface area contributed by atoms with E-state index in [4.69, 9.17) is 5.73 Å². The van der Waals surface area contributed by atoms with Gasteiger partial charge in [0.15, 0.2) is 0 Å². The number of aliphatic hydroxyl groups excluding tert-OH is 1. The van der Waals surface area contributed by atoms with Crippen molar-refractivity contribution in [3.63, 3.8) is 0 Å². The molecule has 0 aromatic heterocycles. The van der Waals surface area contributed by atoms with Gasteiger partial charge in [-0.1, -0.05) is 37.6 Å². The lowest BCUT2D eigenvalue weighted by Crippen LogP contribution is -2.25. The molecule has 1 unspecified atom stereocenters. The van der Waals surface area contributed by atoms with Gasteiger partial charge in [0.05, 0.1) is 6.10 Å². The molecular weight excluding hydrogens is 212 g/mol. The van der Waals surface area contributed by atoms with Crippen molar-refractivity contribution in [1.29, 1.82) is 0 Å². The Labute approximate surface area is 104 Å². The summed E-state index contributed by atoms with van der Waals surface area (Å²) >= 11 is 0. The number of benzene rings is 1. The van der Waals surface area contributed by atoms with E-state index in [-0.39, 0.29) is 0 Å². The van der Waals surface area contributed by atoms with Gasteiger partial charge in [0.2, 0.25) is 0 Å². The van der Waals surface area contributed by atoms with Crippen LogP contribution in [0.15, 0.2) is 24.3 Å². The molecule has 0 heterocycles. The molecule has 3 nitrogen and oxygen atoms in total. The van der Waals surface area contributed by atoms with Gasteiger partial charge in [-0.2, -0.15) is 0 Å². The molecule has 1 aromatic rings. The monoisotopic (exact) mass is 236 g/mol. The van der Waals surface area contributed by atoms with Crippen LogP contribution >= 0.6 is 0 Å². The first-order chi connectivity index (χ1) is 8.17. The quantitative estimate of drug-likeness (QED) is 0.760.